The molecule has 0 saturated carbocycles. The first-order valence-corrected chi connectivity index (χ1v) is 12.7. The molecule has 42 heavy (non-hydrogen) atoms. The highest BCUT2D eigenvalue weighted by atomic mass is 19.4. The van der Waals surface area contributed by atoms with E-state index in [0.717, 1.165) is 27.4 Å². The van der Waals surface area contributed by atoms with Crippen LogP contribution in [0.5, 0.6) is 0 Å². The van der Waals surface area contributed by atoms with Crippen LogP contribution in [0.2, 0.25) is 0 Å². The van der Waals surface area contributed by atoms with Crippen LogP contribution >= 0.6 is 0 Å². The summed E-state index contributed by atoms with van der Waals surface area (Å²) in [5.41, 5.74) is 6.07. The van der Waals surface area contributed by atoms with Gasteiger partial charge in [0.2, 0.25) is 0 Å². The molecule has 212 valence electrons. The van der Waals surface area contributed by atoms with Crippen LogP contribution in [0.25, 0.3) is 44.2 Å². The second kappa shape index (κ2) is 9.79. The van der Waals surface area contributed by atoms with Gasteiger partial charge in [-0.25, -0.2) is 9.97 Å². The van der Waals surface area contributed by atoms with Gasteiger partial charge in [-0.05, 0) is 83.3 Å². The Bertz CT molecular complexity index is 1960. The smallest absolute Gasteiger partial charge is 0.399 e. The number of benzene rings is 4. The van der Waals surface area contributed by atoms with E-state index in [9.17, 15) is 26.3 Å². The Hall–Kier alpha value is -5.06. The highest BCUT2D eigenvalue weighted by Gasteiger charge is 2.40. The lowest BCUT2D eigenvalue weighted by atomic mass is 9.94. The number of rotatable bonds is 4. The molecule has 4 aromatic carbocycles. The number of anilines is 3. The number of nitrogens with two attached hydrogens (primary N) is 1. The van der Waals surface area contributed by atoms with Gasteiger partial charge in [-0.2, -0.15) is 26.3 Å². The van der Waals surface area contributed by atoms with Crippen molar-refractivity contribution in [2.24, 2.45) is 0 Å². The predicted octanol–water partition coefficient (Wildman–Crippen LogP) is 9.12. The van der Waals surface area contributed by atoms with Crippen molar-refractivity contribution in [1.29, 1.82) is 0 Å². The lowest BCUT2D eigenvalue weighted by Crippen LogP contribution is -2.14. The van der Waals surface area contributed by atoms with Gasteiger partial charge in [0.25, 0.3) is 0 Å². The largest absolute Gasteiger partial charge is 0.418 e. The fourth-order valence-electron chi connectivity index (χ4n) is 5.04. The summed E-state index contributed by atoms with van der Waals surface area (Å²) in [6, 6.07) is 16.7. The van der Waals surface area contributed by atoms with Gasteiger partial charge < -0.3 is 16.0 Å². The van der Waals surface area contributed by atoms with E-state index in [1.807, 2.05) is 25.1 Å². The van der Waals surface area contributed by atoms with Crippen LogP contribution in [0.1, 0.15) is 16.7 Å². The Labute approximate surface area is 235 Å². The number of hydrogen-bond acceptors (Lipinski definition) is 4. The second-order valence-electron chi connectivity index (χ2n) is 9.89. The molecule has 0 amide bonds. The van der Waals surface area contributed by atoms with Crippen molar-refractivity contribution in [1.82, 2.24) is 15.0 Å². The third kappa shape index (κ3) is 4.98. The summed E-state index contributed by atoms with van der Waals surface area (Å²) in [6.07, 6.45) is -6.75. The van der Waals surface area contributed by atoms with Crippen molar-refractivity contribution in [2.75, 3.05) is 11.1 Å². The van der Waals surface area contributed by atoms with E-state index in [1.165, 1.54) is 36.7 Å². The normalized spacial score (nSPS) is 12.3. The minimum Gasteiger partial charge on any atom is -0.399 e. The van der Waals surface area contributed by atoms with Crippen LogP contribution in [-0.2, 0) is 12.4 Å². The van der Waals surface area contributed by atoms with Crippen LogP contribution in [0.15, 0.2) is 85.3 Å². The van der Waals surface area contributed by atoms with Gasteiger partial charge in [0.1, 0.15) is 12.0 Å². The summed E-state index contributed by atoms with van der Waals surface area (Å²) in [5, 5.41) is 4.27. The quantitative estimate of drug-likeness (QED) is 0.144. The molecule has 6 rings (SSSR count). The van der Waals surface area contributed by atoms with E-state index >= 15 is 0 Å². The number of aromatic nitrogens is 3. The molecular formula is C31H21F6N5. The third-order valence-electron chi connectivity index (χ3n) is 7.09. The zero-order chi connectivity index (χ0) is 29.8. The van der Waals surface area contributed by atoms with Crippen molar-refractivity contribution in [2.45, 2.75) is 19.3 Å². The van der Waals surface area contributed by atoms with E-state index in [0.29, 0.717) is 23.3 Å². The van der Waals surface area contributed by atoms with Crippen molar-refractivity contribution in [3.63, 3.8) is 0 Å². The molecule has 0 saturated heterocycles. The lowest BCUT2D eigenvalue weighted by molar-refractivity contribution is -0.140. The van der Waals surface area contributed by atoms with Crippen LogP contribution in [0.4, 0.5) is 43.4 Å². The molecule has 5 nitrogen and oxygen atoms in total. The molecular weight excluding hydrogens is 556 g/mol. The van der Waals surface area contributed by atoms with Gasteiger partial charge in [0, 0.05) is 33.9 Å². The Morgan fingerprint density at radius 2 is 1.45 bits per heavy atom. The average Bonchev–Trinajstić information content (AvgIpc) is 3.31. The van der Waals surface area contributed by atoms with Crippen LogP contribution in [-0.4, -0.2) is 15.0 Å². The topological polar surface area (TPSA) is 79.6 Å². The van der Waals surface area contributed by atoms with Crippen molar-refractivity contribution < 1.29 is 26.3 Å². The van der Waals surface area contributed by atoms with Crippen LogP contribution in [0, 0.1) is 6.92 Å². The molecule has 0 bridgehead atoms. The highest BCUT2D eigenvalue weighted by Crippen LogP contribution is 2.45. The number of H-pyrrole nitrogens is 1. The summed E-state index contributed by atoms with van der Waals surface area (Å²) in [6.45, 7) is 1.84. The van der Waals surface area contributed by atoms with Crippen LogP contribution < -0.4 is 11.1 Å². The van der Waals surface area contributed by atoms with Crippen molar-refractivity contribution in [3.05, 3.63) is 102 Å². The van der Waals surface area contributed by atoms with E-state index in [4.69, 9.17) is 5.73 Å². The number of nitrogens with one attached hydrogen (secondary N) is 2. The fraction of sp³-hybridized carbons (Fsp3) is 0.0968. The molecule has 0 atom stereocenters. The Balaban J connectivity index is 1.46. The first kappa shape index (κ1) is 27.1. The Morgan fingerprint density at radius 3 is 2.17 bits per heavy atom. The number of halogens is 6. The summed E-state index contributed by atoms with van der Waals surface area (Å²) in [4.78, 5) is 11.5. The summed E-state index contributed by atoms with van der Waals surface area (Å²) in [5.74, 6) is 0. The molecule has 0 aliphatic heterocycles. The zero-order valence-corrected chi connectivity index (χ0v) is 21.8. The summed E-state index contributed by atoms with van der Waals surface area (Å²) < 4.78 is 85.2. The van der Waals surface area contributed by atoms with Gasteiger partial charge in [0.05, 0.1) is 16.8 Å². The van der Waals surface area contributed by atoms with Gasteiger partial charge in [-0.1, -0.05) is 24.3 Å². The van der Waals surface area contributed by atoms with E-state index in [2.05, 4.69) is 20.3 Å². The van der Waals surface area contributed by atoms with E-state index < -0.39 is 34.7 Å². The highest BCUT2D eigenvalue weighted by molar-refractivity contribution is 6.07. The van der Waals surface area contributed by atoms with Gasteiger partial charge in [-0.15, -0.1) is 0 Å². The molecule has 2 aromatic heterocycles. The van der Waals surface area contributed by atoms with Gasteiger partial charge in [0.15, 0.2) is 0 Å². The first-order chi connectivity index (χ1) is 19.9. The van der Waals surface area contributed by atoms with Crippen LogP contribution in [0.3, 0.4) is 0 Å². The number of aryl methyl sites for hydroxylation is 1. The van der Waals surface area contributed by atoms with E-state index in [-0.39, 0.29) is 16.9 Å². The molecule has 0 aliphatic carbocycles. The van der Waals surface area contributed by atoms with Gasteiger partial charge in [-0.3, -0.25) is 0 Å². The van der Waals surface area contributed by atoms with Gasteiger partial charge >= 0.3 is 12.4 Å². The molecule has 6 aromatic rings. The summed E-state index contributed by atoms with van der Waals surface area (Å²) >= 11 is 0. The second-order valence-corrected chi connectivity index (χ2v) is 9.89. The number of nitrogen functional groups attached to an aromatic ring is 1. The standard InChI is InChI=1S/C31H21F6N5/c1-16-2-8-20(11-21(16)18-5-9-27-23(10-18)24-14-39-15-40-29(24)42-27)41-28-13-25(30(32,33)34)22(12-26(28)31(35,36)37)17-3-6-19(38)7-4-17/h2-15,41H,38H2,1H3,(H,39,40,42). The minimum absolute atomic E-state index is 0.0377. The summed E-state index contributed by atoms with van der Waals surface area (Å²) in [7, 11) is 0. The predicted molar refractivity (Wildman–Crippen MR) is 151 cm³/mol. The number of aromatic amines is 1. The Morgan fingerprint density at radius 1 is 0.738 bits per heavy atom. The number of hydrogen-bond donors (Lipinski definition) is 3. The average molecular weight is 578 g/mol. The molecule has 2 heterocycles. The first-order valence-electron chi connectivity index (χ1n) is 12.7. The van der Waals surface area contributed by atoms with Crippen molar-refractivity contribution in [3.8, 4) is 22.3 Å². The molecule has 0 fully saturated rings. The number of alkyl halides is 6. The SMILES string of the molecule is Cc1ccc(Nc2cc(C(F)(F)F)c(-c3ccc(N)cc3)cc2C(F)(F)F)cc1-c1ccc2[nH]c3ncncc3c2c1. The molecule has 0 unspecified atom stereocenters. The third-order valence-corrected chi connectivity index (χ3v) is 7.09. The molecule has 0 radical (unpaired) electrons. The monoisotopic (exact) mass is 577 g/mol. The maximum Gasteiger partial charge on any atom is 0.418 e. The maximum atomic E-state index is 14.2. The van der Waals surface area contributed by atoms with Crippen molar-refractivity contribution >= 4 is 39.0 Å². The number of nitrogens with zero attached hydrogens (tertiary/aromatic N) is 2. The molecule has 4 N–H and O–H groups in total. The van der Waals surface area contributed by atoms with E-state index in [1.54, 1.807) is 18.3 Å². The molecule has 0 aliphatic rings. The molecule has 11 heteroatoms. The minimum atomic E-state index is -4.94. The zero-order valence-electron chi connectivity index (χ0n) is 21.8. The lowest BCUT2D eigenvalue weighted by Gasteiger charge is -2.21. The number of fused-ring (bicyclic) bond motifs is 3. The molecule has 0 spiro atoms. The fourth-order valence-corrected chi connectivity index (χ4v) is 5.04. The maximum absolute atomic E-state index is 14.2. The Kier molecular flexibility index (Phi) is 6.32.